The minimum absolute atomic E-state index is 0.153. The first-order chi connectivity index (χ1) is 7.65. The van der Waals surface area contributed by atoms with Crippen LogP contribution in [0, 0.1) is 0 Å². The van der Waals surface area contributed by atoms with Crippen molar-refractivity contribution >= 4 is 32.8 Å². The Kier molecular flexibility index (Phi) is 2.99. The second-order valence-electron chi connectivity index (χ2n) is 3.03. The number of nitrogens with one attached hydrogen (secondary N) is 1. The Morgan fingerprint density at radius 3 is 3.00 bits per heavy atom. The molecule has 0 atom stereocenters. The van der Waals surface area contributed by atoms with Crippen LogP contribution in [0.15, 0.2) is 35.7 Å². The minimum atomic E-state index is -3.54. The SMILES string of the molecule is C=CCNS(=O)(=O)c1cccc2nsnc12. The van der Waals surface area contributed by atoms with Crippen LogP contribution in [-0.4, -0.2) is 23.7 Å². The highest BCUT2D eigenvalue weighted by Gasteiger charge is 2.18. The van der Waals surface area contributed by atoms with Crippen LogP contribution in [0.4, 0.5) is 0 Å². The van der Waals surface area contributed by atoms with Gasteiger partial charge in [0.25, 0.3) is 0 Å². The standard InChI is InChI=1S/C9H9N3O2S2/c1-2-6-10-16(13,14)8-5-3-4-7-9(8)12-15-11-7/h2-5,10H,1,6H2. The number of benzene rings is 1. The number of nitrogens with zero attached hydrogens (tertiary/aromatic N) is 2. The van der Waals surface area contributed by atoms with Crippen LogP contribution in [0.5, 0.6) is 0 Å². The quantitative estimate of drug-likeness (QED) is 0.832. The molecule has 0 amide bonds. The van der Waals surface area contributed by atoms with E-state index in [0.29, 0.717) is 11.0 Å². The number of sulfonamides is 1. The first kappa shape index (κ1) is 11.2. The van der Waals surface area contributed by atoms with Crippen molar-refractivity contribution in [3.05, 3.63) is 30.9 Å². The van der Waals surface area contributed by atoms with E-state index in [4.69, 9.17) is 0 Å². The maximum Gasteiger partial charge on any atom is 0.243 e. The molecule has 2 rings (SSSR count). The third-order valence-corrected chi connectivity index (χ3v) is 3.95. The molecule has 84 valence electrons. The largest absolute Gasteiger partial charge is 0.243 e. The Labute approximate surface area is 97.2 Å². The van der Waals surface area contributed by atoms with Crippen LogP contribution in [0.25, 0.3) is 11.0 Å². The molecule has 0 spiro atoms. The van der Waals surface area contributed by atoms with Crippen molar-refractivity contribution in [3.63, 3.8) is 0 Å². The fraction of sp³-hybridized carbons (Fsp3) is 0.111. The van der Waals surface area contributed by atoms with E-state index in [2.05, 4.69) is 20.0 Å². The molecule has 1 aromatic carbocycles. The van der Waals surface area contributed by atoms with E-state index in [1.807, 2.05) is 0 Å². The maximum atomic E-state index is 11.9. The smallest absolute Gasteiger partial charge is 0.207 e. The van der Waals surface area contributed by atoms with Crippen LogP contribution < -0.4 is 4.72 Å². The topological polar surface area (TPSA) is 72.0 Å². The van der Waals surface area contributed by atoms with Crippen LogP contribution in [0.2, 0.25) is 0 Å². The summed E-state index contributed by atoms with van der Waals surface area (Å²) in [6.07, 6.45) is 1.48. The van der Waals surface area contributed by atoms with Gasteiger partial charge in [0.15, 0.2) is 0 Å². The molecule has 0 bridgehead atoms. The molecule has 1 heterocycles. The molecule has 16 heavy (non-hydrogen) atoms. The molecule has 2 aromatic rings. The van der Waals surface area contributed by atoms with E-state index in [-0.39, 0.29) is 11.4 Å². The maximum absolute atomic E-state index is 11.9. The number of aromatic nitrogens is 2. The van der Waals surface area contributed by atoms with Gasteiger partial charge in [-0.15, -0.1) is 6.58 Å². The van der Waals surface area contributed by atoms with Gasteiger partial charge in [-0.3, -0.25) is 0 Å². The van der Waals surface area contributed by atoms with Gasteiger partial charge in [0.1, 0.15) is 15.9 Å². The van der Waals surface area contributed by atoms with Gasteiger partial charge in [0.2, 0.25) is 10.0 Å². The molecule has 0 aliphatic rings. The fourth-order valence-electron chi connectivity index (χ4n) is 1.24. The summed E-state index contributed by atoms with van der Waals surface area (Å²) in [5, 5.41) is 0. The third-order valence-electron chi connectivity index (χ3n) is 1.96. The minimum Gasteiger partial charge on any atom is -0.207 e. The Hall–Kier alpha value is -1.31. The molecule has 0 unspecified atom stereocenters. The van der Waals surface area contributed by atoms with Crippen molar-refractivity contribution in [2.24, 2.45) is 0 Å². The van der Waals surface area contributed by atoms with Crippen LogP contribution >= 0.6 is 11.7 Å². The number of rotatable bonds is 4. The summed E-state index contributed by atoms with van der Waals surface area (Å²) in [4.78, 5) is 0.153. The van der Waals surface area contributed by atoms with E-state index in [9.17, 15) is 8.42 Å². The molecule has 0 saturated carbocycles. The van der Waals surface area contributed by atoms with Crippen molar-refractivity contribution in [2.75, 3.05) is 6.54 Å². The lowest BCUT2D eigenvalue weighted by Gasteiger charge is -2.04. The van der Waals surface area contributed by atoms with Gasteiger partial charge >= 0.3 is 0 Å². The molecule has 0 fully saturated rings. The van der Waals surface area contributed by atoms with Gasteiger partial charge in [-0.05, 0) is 12.1 Å². The molecular formula is C9H9N3O2S2. The highest BCUT2D eigenvalue weighted by atomic mass is 32.2. The lowest BCUT2D eigenvalue weighted by molar-refractivity contribution is 0.586. The average Bonchev–Trinajstić information content (AvgIpc) is 2.73. The molecule has 0 saturated heterocycles. The zero-order chi connectivity index (χ0) is 11.6. The highest BCUT2D eigenvalue weighted by molar-refractivity contribution is 7.89. The van der Waals surface area contributed by atoms with Crippen molar-refractivity contribution in [3.8, 4) is 0 Å². The lowest BCUT2D eigenvalue weighted by atomic mass is 10.3. The predicted molar refractivity (Wildman–Crippen MR) is 62.8 cm³/mol. The number of fused-ring (bicyclic) bond motifs is 1. The Morgan fingerprint density at radius 2 is 2.25 bits per heavy atom. The highest BCUT2D eigenvalue weighted by Crippen LogP contribution is 2.20. The predicted octanol–water partition coefficient (Wildman–Crippen LogP) is 1.16. The molecular weight excluding hydrogens is 246 g/mol. The summed E-state index contributed by atoms with van der Waals surface area (Å²) in [6.45, 7) is 3.65. The van der Waals surface area contributed by atoms with Crippen molar-refractivity contribution in [1.29, 1.82) is 0 Å². The van der Waals surface area contributed by atoms with E-state index >= 15 is 0 Å². The summed E-state index contributed by atoms with van der Waals surface area (Å²) in [5.41, 5.74) is 0.996. The molecule has 7 heteroatoms. The second kappa shape index (κ2) is 4.28. The number of hydrogen-bond acceptors (Lipinski definition) is 5. The van der Waals surface area contributed by atoms with Crippen LogP contribution in [0.1, 0.15) is 0 Å². The van der Waals surface area contributed by atoms with E-state index in [0.717, 1.165) is 11.7 Å². The molecule has 1 N–H and O–H groups in total. The van der Waals surface area contributed by atoms with Crippen molar-refractivity contribution in [1.82, 2.24) is 13.5 Å². The first-order valence-corrected chi connectivity index (χ1v) is 6.68. The first-order valence-electron chi connectivity index (χ1n) is 4.47. The third kappa shape index (κ3) is 1.97. The summed E-state index contributed by atoms with van der Waals surface area (Å²) in [5.74, 6) is 0. The summed E-state index contributed by atoms with van der Waals surface area (Å²) in [6, 6.07) is 4.88. The van der Waals surface area contributed by atoms with Gasteiger partial charge in [-0.25, -0.2) is 13.1 Å². The molecule has 1 aromatic heterocycles. The van der Waals surface area contributed by atoms with Gasteiger partial charge in [-0.1, -0.05) is 12.1 Å². The summed E-state index contributed by atoms with van der Waals surface area (Å²) >= 11 is 0.995. The molecule has 0 aliphatic carbocycles. The fourth-order valence-corrected chi connectivity index (χ4v) is 3.01. The van der Waals surface area contributed by atoms with E-state index in [1.54, 1.807) is 12.1 Å². The van der Waals surface area contributed by atoms with Crippen LogP contribution in [0.3, 0.4) is 0 Å². The monoisotopic (exact) mass is 255 g/mol. The zero-order valence-electron chi connectivity index (χ0n) is 8.25. The lowest BCUT2D eigenvalue weighted by Crippen LogP contribution is -2.23. The summed E-state index contributed by atoms with van der Waals surface area (Å²) < 4.78 is 34.1. The van der Waals surface area contributed by atoms with Gasteiger partial charge in [0.05, 0.1) is 11.7 Å². The van der Waals surface area contributed by atoms with Crippen molar-refractivity contribution < 1.29 is 8.42 Å². The molecule has 5 nitrogen and oxygen atoms in total. The Morgan fingerprint density at radius 1 is 1.44 bits per heavy atom. The summed E-state index contributed by atoms with van der Waals surface area (Å²) in [7, 11) is -3.54. The average molecular weight is 255 g/mol. The van der Waals surface area contributed by atoms with E-state index < -0.39 is 10.0 Å². The van der Waals surface area contributed by atoms with Gasteiger partial charge < -0.3 is 0 Å². The normalized spacial score (nSPS) is 11.8. The molecule has 0 aliphatic heterocycles. The second-order valence-corrected chi connectivity index (χ2v) is 5.29. The number of hydrogen-bond donors (Lipinski definition) is 1. The molecule has 0 radical (unpaired) electrons. The zero-order valence-corrected chi connectivity index (χ0v) is 9.88. The van der Waals surface area contributed by atoms with Gasteiger partial charge in [0, 0.05) is 6.54 Å². The Balaban J connectivity index is 2.54. The van der Waals surface area contributed by atoms with Crippen molar-refractivity contribution in [2.45, 2.75) is 4.90 Å². The van der Waals surface area contributed by atoms with E-state index in [1.165, 1.54) is 12.1 Å². The van der Waals surface area contributed by atoms with Crippen LogP contribution in [-0.2, 0) is 10.0 Å². The van der Waals surface area contributed by atoms with Gasteiger partial charge in [-0.2, -0.15) is 8.75 Å². The Bertz CT molecular complexity index is 618.